The van der Waals surface area contributed by atoms with E-state index in [9.17, 15) is 0 Å². The molecular formula is C23H27IN4O3. The van der Waals surface area contributed by atoms with E-state index in [-0.39, 0.29) is 24.0 Å². The lowest BCUT2D eigenvalue weighted by molar-refractivity contribution is 0.174. The molecule has 4 rings (SSSR count). The maximum absolute atomic E-state index is 5.62. The van der Waals surface area contributed by atoms with Crippen LogP contribution in [0.3, 0.4) is 0 Å². The fraction of sp³-hybridized carbons (Fsp3) is 0.304. The van der Waals surface area contributed by atoms with Crippen LogP contribution < -0.4 is 20.1 Å². The van der Waals surface area contributed by atoms with Crippen LogP contribution in [0.1, 0.15) is 23.7 Å². The number of hydrogen-bond acceptors (Lipinski definition) is 5. The predicted molar refractivity (Wildman–Crippen MR) is 131 cm³/mol. The third-order valence-corrected chi connectivity index (χ3v) is 4.74. The van der Waals surface area contributed by atoms with Gasteiger partial charge in [-0.15, -0.1) is 24.0 Å². The minimum atomic E-state index is 0. The Morgan fingerprint density at radius 2 is 1.87 bits per heavy atom. The second-order valence-electron chi connectivity index (χ2n) is 7.07. The SMILES string of the molecule is CCNC(=NCc1coc(-c2ccc(C)cc2)n1)NCCc1ccc2c(c1)OCO2.I. The average molecular weight is 534 g/mol. The molecule has 1 aliphatic heterocycles. The quantitative estimate of drug-likeness (QED) is 0.268. The van der Waals surface area contributed by atoms with Crippen molar-refractivity contribution in [3.8, 4) is 23.0 Å². The summed E-state index contributed by atoms with van der Waals surface area (Å²) in [6, 6.07) is 14.1. The molecule has 0 unspecified atom stereocenters. The van der Waals surface area contributed by atoms with Gasteiger partial charge in [-0.25, -0.2) is 9.98 Å². The van der Waals surface area contributed by atoms with Crippen molar-refractivity contribution in [2.45, 2.75) is 26.8 Å². The highest BCUT2D eigenvalue weighted by Gasteiger charge is 2.13. The van der Waals surface area contributed by atoms with Crippen molar-refractivity contribution < 1.29 is 13.9 Å². The first kappa shape index (κ1) is 22.9. The molecule has 0 amide bonds. The average Bonchev–Trinajstić information content (AvgIpc) is 3.42. The van der Waals surface area contributed by atoms with Gasteiger partial charge in [-0.2, -0.15) is 0 Å². The van der Waals surface area contributed by atoms with Gasteiger partial charge in [0.25, 0.3) is 0 Å². The van der Waals surface area contributed by atoms with Crippen molar-refractivity contribution in [3.05, 3.63) is 65.5 Å². The summed E-state index contributed by atoms with van der Waals surface area (Å²) in [4.78, 5) is 9.17. The number of guanidine groups is 1. The van der Waals surface area contributed by atoms with Crippen molar-refractivity contribution in [1.29, 1.82) is 0 Å². The highest BCUT2D eigenvalue weighted by atomic mass is 127. The van der Waals surface area contributed by atoms with E-state index in [2.05, 4.69) is 33.6 Å². The number of aromatic nitrogens is 1. The molecule has 2 heterocycles. The van der Waals surface area contributed by atoms with E-state index in [1.807, 2.05) is 43.3 Å². The number of aryl methyl sites for hydroxylation is 1. The summed E-state index contributed by atoms with van der Waals surface area (Å²) in [5.41, 5.74) is 4.14. The smallest absolute Gasteiger partial charge is 0.231 e. The molecule has 0 saturated heterocycles. The first-order valence-electron chi connectivity index (χ1n) is 10.1. The van der Waals surface area contributed by atoms with Gasteiger partial charge in [-0.3, -0.25) is 0 Å². The Morgan fingerprint density at radius 1 is 1.06 bits per heavy atom. The molecule has 2 N–H and O–H groups in total. The molecule has 0 atom stereocenters. The number of benzene rings is 2. The fourth-order valence-corrected chi connectivity index (χ4v) is 3.13. The first-order chi connectivity index (χ1) is 14.7. The van der Waals surface area contributed by atoms with Crippen LogP contribution in [0.15, 0.2) is 58.1 Å². The molecule has 7 nitrogen and oxygen atoms in total. The van der Waals surface area contributed by atoms with Gasteiger partial charge in [0.2, 0.25) is 12.7 Å². The Labute approximate surface area is 199 Å². The van der Waals surface area contributed by atoms with Crippen LogP contribution in [0.5, 0.6) is 11.5 Å². The van der Waals surface area contributed by atoms with Crippen molar-refractivity contribution in [2.24, 2.45) is 4.99 Å². The fourth-order valence-electron chi connectivity index (χ4n) is 3.13. The zero-order valence-corrected chi connectivity index (χ0v) is 20.0. The van der Waals surface area contributed by atoms with Crippen molar-refractivity contribution in [2.75, 3.05) is 19.9 Å². The van der Waals surface area contributed by atoms with Crippen LogP contribution in [-0.2, 0) is 13.0 Å². The molecule has 31 heavy (non-hydrogen) atoms. The van der Waals surface area contributed by atoms with Gasteiger partial charge in [0.15, 0.2) is 17.5 Å². The van der Waals surface area contributed by atoms with Crippen LogP contribution >= 0.6 is 24.0 Å². The lowest BCUT2D eigenvalue weighted by Gasteiger charge is -2.11. The first-order valence-corrected chi connectivity index (χ1v) is 10.1. The van der Waals surface area contributed by atoms with Gasteiger partial charge in [0.05, 0.1) is 6.54 Å². The highest BCUT2D eigenvalue weighted by Crippen LogP contribution is 2.32. The Hall–Kier alpha value is -2.75. The third-order valence-electron chi connectivity index (χ3n) is 4.74. The van der Waals surface area contributed by atoms with E-state index in [0.29, 0.717) is 19.2 Å². The number of fused-ring (bicyclic) bond motifs is 1. The summed E-state index contributed by atoms with van der Waals surface area (Å²) in [7, 11) is 0. The van der Waals surface area contributed by atoms with Crippen LogP contribution in [0.25, 0.3) is 11.5 Å². The third kappa shape index (κ3) is 6.13. The van der Waals surface area contributed by atoms with Crippen LogP contribution in [0.2, 0.25) is 0 Å². The number of oxazole rings is 1. The maximum Gasteiger partial charge on any atom is 0.231 e. The molecule has 2 aromatic carbocycles. The second kappa shape index (κ2) is 11.0. The van der Waals surface area contributed by atoms with Crippen LogP contribution in [0, 0.1) is 6.92 Å². The largest absolute Gasteiger partial charge is 0.454 e. The number of hydrogen-bond donors (Lipinski definition) is 2. The van der Waals surface area contributed by atoms with Gasteiger partial charge in [-0.1, -0.05) is 23.8 Å². The molecule has 0 spiro atoms. The van der Waals surface area contributed by atoms with Crippen molar-refractivity contribution >= 4 is 29.9 Å². The molecule has 3 aromatic rings. The summed E-state index contributed by atoms with van der Waals surface area (Å²) in [6.45, 7) is 6.36. The summed E-state index contributed by atoms with van der Waals surface area (Å²) in [5.74, 6) is 2.97. The van der Waals surface area contributed by atoms with Gasteiger partial charge < -0.3 is 24.5 Å². The van der Waals surface area contributed by atoms with Gasteiger partial charge in [-0.05, 0) is 50.1 Å². The number of halogens is 1. The number of nitrogens with one attached hydrogen (secondary N) is 2. The molecule has 1 aliphatic rings. The predicted octanol–water partition coefficient (Wildman–Crippen LogP) is 4.29. The van der Waals surface area contributed by atoms with Crippen molar-refractivity contribution in [1.82, 2.24) is 15.6 Å². The Kier molecular flexibility index (Phi) is 8.16. The molecule has 164 valence electrons. The zero-order chi connectivity index (χ0) is 20.8. The van der Waals surface area contributed by atoms with E-state index in [4.69, 9.17) is 13.9 Å². The Bertz CT molecular complexity index is 1020. The van der Waals surface area contributed by atoms with E-state index in [1.54, 1.807) is 6.26 Å². The minimum absolute atomic E-state index is 0. The topological polar surface area (TPSA) is 80.9 Å². The maximum atomic E-state index is 5.62. The van der Waals surface area contributed by atoms with Crippen LogP contribution in [-0.4, -0.2) is 30.8 Å². The number of rotatable bonds is 7. The summed E-state index contributed by atoms with van der Waals surface area (Å²) in [6.07, 6.45) is 2.51. The number of aliphatic imine (C=N–C) groups is 1. The standard InChI is InChI=1S/C23H26N4O3.HI/c1-3-24-23(25-11-10-17-6-9-20-21(12-17)30-15-29-20)26-13-19-14-28-22(27-19)18-7-4-16(2)5-8-18;/h4-9,12,14H,3,10-11,13,15H2,1-2H3,(H2,24,25,26);1H. The minimum Gasteiger partial charge on any atom is -0.454 e. The molecule has 8 heteroatoms. The Balaban J connectivity index is 0.00000272. The Morgan fingerprint density at radius 3 is 2.68 bits per heavy atom. The van der Waals surface area contributed by atoms with Crippen molar-refractivity contribution in [3.63, 3.8) is 0 Å². The zero-order valence-electron chi connectivity index (χ0n) is 17.7. The highest BCUT2D eigenvalue weighted by molar-refractivity contribution is 14.0. The van der Waals surface area contributed by atoms with Gasteiger partial charge in [0.1, 0.15) is 12.0 Å². The molecular weight excluding hydrogens is 507 g/mol. The molecule has 0 radical (unpaired) electrons. The summed E-state index contributed by atoms with van der Waals surface area (Å²) < 4.78 is 16.4. The van der Waals surface area contributed by atoms with Gasteiger partial charge >= 0.3 is 0 Å². The van der Waals surface area contributed by atoms with E-state index < -0.39 is 0 Å². The molecule has 0 saturated carbocycles. The normalized spacial score (nSPS) is 12.4. The van der Waals surface area contributed by atoms with Gasteiger partial charge in [0, 0.05) is 18.7 Å². The molecule has 1 aromatic heterocycles. The molecule has 0 bridgehead atoms. The lowest BCUT2D eigenvalue weighted by Crippen LogP contribution is -2.38. The lowest BCUT2D eigenvalue weighted by atomic mass is 10.1. The molecule has 0 aliphatic carbocycles. The monoisotopic (exact) mass is 534 g/mol. The summed E-state index contributed by atoms with van der Waals surface area (Å²) >= 11 is 0. The second-order valence-corrected chi connectivity index (χ2v) is 7.07. The van der Waals surface area contributed by atoms with Crippen LogP contribution in [0.4, 0.5) is 0 Å². The summed E-state index contributed by atoms with van der Waals surface area (Å²) in [5, 5.41) is 6.62. The molecule has 0 fully saturated rings. The van der Waals surface area contributed by atoms with E-state index >= 15 is 0 Å². The van der Waals surface area contributed by atoms with E-state index in [1.165, 1.54) is 11.1 Å². The number of ether oxygens (including phenoxy) is 2. The number of nitrogens with zero attached hydrogens (tertiary/aromatic N) is 2. The van der Waals surface area contributed by atoms with E-state index in [0.717, 1.165) is 48.2 Å².